The van der Waals surface area contributed by atoms with Crippen molar-refractivity contribution in [3.8, 4) is 11.5 Å². The number of amides is 2. The number of carbonyl (C=O) groups is 2. The summed E-state index contributed by atoms with van der Waals surface area (Å²) in [6, 6.07) is 11.3. The van der Waals surface area contributed by atoms with Gasteiger partial charge in [0, 0.05) is 4.47 Å². The van der Waals surface area contributed by atoms with E-state index in [0.717, 1.165) is 21.2 Å². The van der Waals surface area contributed by atoms with Crippen molar-refractivity contribution < 1.29 is 19.1 Å². The van der Waals surface area contributed by atoms with E-state index in [1.54, 1.807) is 13.0 Å². The minimum absolute atomic E-state index is 0.213. The predicted octanol–water partition coefficient (Wildman–Crippen LogP) is 3.37. The monoisotopic (exact) mass is 434 g/mol. The highest BCUT2D eigenvalue weighted by Gasteiger charge is 2.16. The maximum Gasteiger partial charge on any atom is 0.279 e. The summed E-state index contributed by atoms with van der Waals surface area (Å²) in [5.41, 5.74) is 7.54. The number of hydrazine groups is 1. The van der Waals surface area contributed by atoms with Crippen molar-refractivity contribution in [3.63, 3.8) is 0 Å². The van der Waals surface area contributed by atoms with Gasteiger partial charge in [0.05, 0.1) is 0 Å². The number of rotatable bonds is 6. The first-order valence-electron chi connectivity index (χ1n) is 8.48. The number of aryl methyl sites for hydroxylation is 3. The molecule has 1 unspecified atom stereocenters. The van der Waals surface area contributed by atoms with E-state index in [1.165, 1.54) is 0 Å². The Morgan fingerprint density at radius 2 is 1.74 bits per heavy atom. The molecule has 0 aromatic heterocycles. The molecule has 0 spiro atoms. The molecule has 0 aliphatic heterocycles. The Balaban J connectivity index is 1.80. The van der Waals surface area contributed by atoms with Gasteiger partial charge in [-0.05, 0) is 68.7 Å². The molecule has 0 heterocycles. The van der Waals surface area contributed by atoms with E-state index in [2.05, 4.69) is 26.8 Å². The summed E-state index contributed by atoms with van der Waals surface area (Å²) in [5.74, 6) is 0.318. The van der Waals surface area contributed by atoms with Gasteiger partial charge in [0.15, 0.2) is 12.7 Å². The maximum absolute atomic E-state index is 12.1. The smallest absolute Gasteiger partial charge is 0.279 e. The molecular formula is C20H23BrN2O4. The van der Waals surface area contributed by atoms with Gasteiger partial charge in [-0.3, -0.25) is 20.4 Å². The van der Waals surface area contributed by atoms with Crippen molar-refractivity contribution in [1.82, 2.24) is 10.9 Å². The highest BCUT2D eigenvalue weighted by atomic mass is 79.9. The first kappa shape index (κ1) is 20.8. The van der Waals surface area contributed by atoms with E-state index in [4.69, 9.17) is 9.47 Å². The van der Waals surface area contributed by atoms with Crippen molar-refractivity contribution in [1.29, 1.82) is 0 Å². The van der Waals surface area contributed by atoms with Gasteiger partial charge in [0.2, 0.25) is 0 Å². The van der Waals surface area contributed by atoms with E-state index >= 15 is 0 Å². The molecule has 2 aromatic rings. The first-order valence-corrected chi connectivity index (χ1v) is 9.27. The van der Waals surface area contributed by atoms with Crippen molar-refractivity contribution in [2.45, 2.75) is 33.8 Å². The minimum atomic E-state index is -0.763. The van der Waals surface area contributed by atoms with Crippen LogP contribution >= 0.6 is 15.9 Å². The third-order valence-electron chi connectivity index (χ3n) is 3.84. The fraction of sp³-hybridized carbons (Fsp3) is 0.300. The van der Waals surface area contributed by atoms with Gasteiger partial charge < -0.3 is 9.47 Å². The van der Waals surface area contributed by atoms with Crippen LogP contribution in [0.3, 0.4) is 0 Å². The summed E-state index contributed by atoms with van der Waals surface area (Å²) >= 11 is 3.37. The summed E-state index contributed by atoms with van der Waals surface area (Å²) in [6.45, 7) is 7.14. The van der Waals surface area contributed by atoms with Gasteiger partial charge in [-0.2, -0.15) is 0 Å². The third-order valence-corrected chi connectivity index (χ3v) is 4.33. The largest absolute Gasteiger partial charge is 0.483 e. The second-order valence-corrected chi connectivity index (χ2v) is 7.18. The Morgan fingerprint density at radius 3 is 2.44 bits per heavy atom. The van der Waals surface area contributed by atoms with Crippen molar-refractivity contribution >= 4 is 27.7 Å². The molecule has 0 bridgehead atoms. The molecule has 0 fully saturated rings. The molecule has 2 N–H and O–H groups in total. The predicted molar refractivity (Wildman–Crippen MR) is 107 cm³/mol. The molecule has 0 radical (unpaired) electrons. The van der Waals surface area contributed by atoms with Crippen LogP contribution in [0.1, 0.15) is 23.6 Å². The normalized spacial score (nSPS) is 11.4. The lowest BCUT2D eigenvalue weighted by Gasteiger charge is -2.17. The van der Waals surface area contributed by atoms with Crippen LogP contribution in [0.5, 0.6) is 11.5 Å². The van der Waals surface area contributed by atoms with Crippen molar-refractivity contribution in [2.75, 3.05) is 6.61 Å². The van der Waals surface area contributed by atoms with E-state index in [1.807, 2.05) is 51.1 Å². The van der Waals surface area contributed by atoms with E-state index < -0.39 is 17.9 Å². The Morgan fingerprint density at radius 1 is 1.00 bits per heavy atom. The lowest BCUT2D eigenvalue weighted by atomic mass is 10.1. The number of hydrogen-bond donors (Lipinski definition) is 2. The molecule has 7 heteroatoms. The Bertz CT molecular complexity index is 839. The van der Waals surface area contributed by atoms with Crippen LogP contribution in [0, 0.1) is 20.8 Å². The fourth-order valence-electron chi connectivity index (χ4n) is 2.27. The van der Waals surface area contributed by atoms with Gasteiger partial charge in [-0.1, -0.05) is 28.1 Å². The SMILES string of the molecule is Cc1ccc(C)c(OC(C)C(=O)NNC(=O)COc2ccc(Br)cc2C)c1. The summed E-state index contributed by atoms with van der Waals surface area (Å²) in [4.78, 5) is 24.0. The number of nitrogens with one attached hydrogen (secondary N) is 2. The number of halogens is 1. The van der Waals surface area contributed by atoms with Gasteiger partial charge in [0.25, 0.3) is 11.8 Å². The van der Waals surface area contributed by atoms with Crippen molar-refractivity contribution in [3.05, 3.63) is 57.6 Å². The highest BCUT2D eigenvalue weighted by Crippen LogP contribution is 2.22. The van der Waals surface area contributed by atoms with E-state index in [-0.39, 0.29) is 6.61 Å². The van der Waals surface area contributed by atoms with Gasteiger partial charge in [0.1, 0.15) is 11.5 Å². The summed E-state index contributed by atoms with van der Waals surface area (Å²) in [5, 5.41) is 0. The quantitative estimate of drug-likeness (QED) is 0.683. The zero-order valence-corrected chi connectivity index (χ0v) is 17.3. The van der Waals surface area contributed by atoms with Crippen LogP contribution in [0.25, 0.3) is 0 Å². The Labute approximate surface area is 167 Å². The molecular weight excluding hydrogens is 412 g/mol. The van der Waals surface area contributed by atoms with Gasteiger partial charge >= 0.3 is 0 Å². The molecule has 2 rings (SSSR count). The Kier molecular flexibility index (Phi) is 7.24. The molecule has 6 nitrogen and oxygen atoms in total. The lowest BCUT2D eigenvalue weighted by Crippen LogP contribution is -2.48. The van der Waals surface area contributed by atoms with Crippen LogP contribution in [0.2, 0.25) is 0 Å². The molecule has 0 aliphatic carbocycles. The zero-order chi connectivity index (χ0) is 20.0. The lowest BCUT2D eigenvalue weighted by molar-refractivity contribution is -0.133. The number of hydrogen-bond acceptors (Lipinski definition) is 4. The second kappa shape index (κ2) is 9.41. The number of carbonyl (C=O) groups excluding carboxylic acids is 2. The van der Waals surface area contributed by atoms with Crippen LogP contribution in [0.15, 0.2) is 40.9 Å². The van der Waals surface area contributed by atoms with Crippen molar-refractivity contribution in [2.24, 2.45) is 0 Å². The topological polar surface area (TPSA) is 76.7 Å². The zero-order valence-electron chi connectivity index (χ0n) is 15.8. The van der Waals surface area contributed by atoms with E-state index in [9.17, 15) is 9.59 Å². The van der Waals surface area contributed by atoms with Crippen LogP contribution in [-0.4, -0.2) is 24.5 Å². The number of ether oxygens (including phenoxy) is 2. The minimum Gasteiger partial charge on any atom is -0.483 e. The van der Waals surface area contributed by atoms with E-state index in [0.29, 0.717) is 11.5 Å². The summed E-state index contributed by atoms with van der Waals surface area (Å²) < 4.78 is 12.1. The molecule has 27 heavy (non-hydrogen) atoms. The molecule has 0 aliphatic rings. The Hall–Kier alpha value is -2.54. The summed E-state index contributed by atoms with van der Waals surface area (Å²) in [6.07, 6.45) is -0.763. The standard InChI is InChI=1S/C20H23BrN2O4/c1-12-5-6-13(2)18(9-12)27-15(4)20(25)23-22-19(24)11-26-17-8-7-16(21)10-14(17)3/h5-10,15H,11H2,1-4H3,(H,22,24)(H,23,25). The molecule has 2 aromatic carbocycles. The molecule has 0 saturated carbocycles. The molecule has 2 amide bonds. The fourth-order valence-corrected chi connectivity index (χ4v) is 2.74. The summed E-state index contributed by atoms with van der Waals surface area (Å²) in [7, 11) is 0. The van der Waals surface area contributed by atoms with Gasteiger partial charge in [-0.15, -0.1) is 0 Å². The van der Waals surface area contributed by atoms with Gasteiger partial charge in [-0.25, -0.2) is 0 Å². The average molecular weight is 435 g/mol. The molecule has 1 atom stereocenters. The van der Waals surface area contributed by atoms with Crippen LogP contribution in [-0.2, 0) is 9.59 Å². The van der Waals surface area contributed by atoms with Crippen LogP contribution < -0.4 is 20.3 Å². The highest BCUT2D eigenvalue weighted by molar-refractivity contribution is 9.10. The average Bonchev–Trinajstić information content (AvgIpc) is 2.61. The third kappa shape index (κ3) is 6.29. The number of benzene rings is 2. The first-order chi connectivity index (χ1) is 12.8. The maximum atomic E-state index is 12.1. The second-order valence-electron chi connectivity index (χ2n) is 6.26. The molecule has 144 valence electrons. The molecule has 0 saturated heterocycles. The van der Waals surface area contributed by atoms with Crippen LogP contribution in [0.4, 0.5) is 0 Å².